The van der Waals surface area contributed by atoms with Gasteiger partial charge in [-0.25, -0.2) is 0 Å². The summed E-state index contributed by atoms with van der Waals surface area (Å²) >= 11 is 4.73. The van der Waals surface area contributed by atoms with Crippen LogP contribution in [0.4, 0.5) is 0 Å². The topological polar surface area (TPSA) is 35.2 Å². The molecule has 1 aromatic carbocycles. The minimum absolute atomic E-state index is 0.168. The molecular weight excluding hydrogens is 206 g/mol. The quantitative estimate of drug-likeness (QED) is 0.800. The van der Waals surface area contributed by atoms with Gasteiger partial charge in [0.1, 0.15) is 17.3 Å². The highest BCUT2D eigenvalue weighted by atomic mass is 32.1. The van der Waals surface area contributed by atoms with Crippen molar-refractivity contribution in [1.82, 2.24) is 0 Å². The van der Waals surface area contributed by atoms with Crippen LogP contribution < -0.4 is 10.5 Å². The highest BCUT2D eigenvalue weighted by molar-refractivity contribution is 7.80. The van der Waals surface area contributed by atoms with Crippen LogP contribution >= 0.6 is 12.2 Å². The van der Waals surface area contributed by atoms with Crippen LogP contribution in [0.3, 0.4) is 0 Å². The molecule has 0 aliphatic carbocycles. The van der Waals surface area contributed by atoms with Crippen molar-refractivity contribution in [2.75, 3.05) is 6.61 Å². The van der Waals surface area contributed by atoms with Crippen LogP contribution in [0.2, 0.25) is 0 Å². The zero-order valence-corrected chi connectivity index (χ0v) is 10.2. The minimum atomic E-state index is 0.168. The second kappa shape index (κ2) is 4.62. The molecule has 0 radical (unpaired) electrons. The van der Waals surface area contributed by atoms with E-state index in [0.29, 0.717) is 11.6 Å². The molecule has 0 amide bonds. The highest BCUT2D eigenvalue weighted by Gasteiger charge is 2.12. The molecule has 1 rings (SSSR count). The standard InChI is InChI=1S/C12H17NOS/c1-12(2,3)9-4-6-10(7-5-9)14-8-11(13)15/h4-7H,8H2,1-3H3,(H2,13,15). The molecule has 15 heavy (non-hydrogen) atoms. The van der Waals surface area contributed by atoms with Crippen molar-refractivity contribution in [3.8, 4) is 5.75 Å². The maximum atomic E-state index is 5.37. The molecule has 0 aliphatic rings. The molecule has 3 heteroatoms. The average Bonchev–Trinajstić information content (AvgIpc) is 2.14. The molecule has 0 fully saturated rings. The van der Waals surface area contributed by atoms with Gasteiger partial charge in [-0.1, -0.05) is 45.1 Å². The lowest BCUT2D eigenvalue weighted by atomic mass is 9.87. The number of hydrogen-bond acceptors (Lipinski definition) is 2. The lowest BCUT2D eigenvalue weighted by molar-refractivity contribution is 0.377. The van der Waals surface area contributed by atoms with Gasteiger partial charge in [0.15, 0.2) is 0 Å². The van der Waals surface area contributed by atoms with E-state index in [-0.39, 0.29) is 5.41 Å². The van der Waals surface area contributed by atoms with Crippen LogP contribution in [-0.2, 0) is 5.41 Å². The van der Waals surface area contributed by atoms with Crippen LogP contribution in [0.5, 0.6) is 5.75 Å². The van der Waals surface area contributed by atoms with Crippen molar-refractivity contribution in [1.29, 1.82) is 0 Å². The van der Waals surface area contributed by atoms with Gasteiger partial charge in [0.2, 0.25) is 0 Å². The monoisotopic (exact) mass is 223 g/mol. The third kappa shape index (κ3) is 3.88. The number of ether oxygens (including phenoxy) is 1. The molecule has 0 aromatic heterocycles. The largest absolute Gasteiger partial charge is 0.487 e. The van der Waals surface area contributed by atoms with E-state index in [0.717, 1.165) is 5.75 Å². The molecule has 0 saturated heterocycles. The predicted octanol–water partition coefficient (Wildman–Crippen LogP) is 2.65. The molecule has 0 atom stereocenters. The molecule has 1 aromatic rings. The normalized spacial score (nSPS) is 11.1. The summed E-state index contributed by atoms with van der Waals surface area (Å²) in [6.07, 6.45) is 0. The molecule has 2 N–H and O–H groups in total. The minimum Gasteiger partial charge on any atom is -0.487 e. The van der Waals surface area contributed by atoms with Crippen LogP contribution in [-0.4, -0.2) is 11.6 Å². The first-order chi connectivity index (χ1) is 6.89. The summed E-state index contributed by atoms with van der Waals surface area (Å²) < 4.78 is 5.37. The van der Waals surface area contributed by atoms with E-state index < -0.39 is 0 Å². The molecule has 2 nitrogen and oxygen atoms in total. The molecule has 0 unspecified atom stereocenters. The molecule has 0 saturated carbocycles. The van der Waals surface area contributed by atoms with E-state index >= 15 is 0 Å². The molecule has 0 bridgehead atoms. The first kappa shape index (κ1) is 12.0. The fourth-order valence-electron chi connectivity index (χ4n) is 1.21. The van der Waals surface area contributed by atoms with E-state index in [2.05, 4.69) is 32.9 Å². The zero-order valence-electron chi connectivity index (χ0n) is 9.41. The maximum absolute atomic E-state index is 5.37. The summed E-state index contributed by atoms with van der Waals surface area (Å²) in [4.78, 5) is 0.370. The SMILES string of the molecule is CC(C)(C)c1ccc(OCC(N)=S)cc1. The number of benzene rings is 1. The Morgan fingerprint density at radius 3 is 2.20 bits per heavy atom. The average molecular weight is 223 g/mol. The Labute approximate surface area is 96.4 Å². The number of rotatable bonds is 3. The fourth-order valence-corrected chi connectivity index (χ4v) is 1.26. The second-order valence-corrected chi connectivity index (χ2v) is 5.05. The maximum Gasteiger partial charge on any atom is 0.138 e. The Balaban J connectivity index is 2.69. The highest BCUT2D eigenvalue weighted by Crippen LogP contribution is 2.24. The Hall–Kier alpha value is -1.09. The predicted molar refractivity (Wildman–Crippen MR) is 67.4 cm³/mol. The van der Waals surface area contributed by atoms with Crippen LogP contribution in [0.1, 0.15) is 26.3 Å². The van der Waals surface area contributed by atoms with Crippen molar-refractivity contribution >= 4 is 17.2 Å². The Bertz CT molecular complexity index is 338. The third-order valence-electron chi connectivity index (χ3n) is 2.10. The van der Waals surface area contributed by atoms with Crippen molar-refractivity contribution < 1.29 is 4.74 Å². The Kier molecular flexibility index (Phi) is 3.69. The third-order valence-corrected chi connectivity index (χ3v) is 2.22. The summed E-state index contributed by atoms with van der Waals surface area (Å²) in [6, 6.07) is 8.02. The summed E-state index contributed by atoms with van der Waals surface area (Å²) in [5.74, 6) is 0.802. The van der Waals surface area contributed by atoms with Gasteiger partial charge >= 0.3 is 0 Å². The van der Waals surface area contributed by atoms with Crippen LogP contribution in [0.25, 0.3) is 0 Å². The van der Waals surface area contributed by atoms with E-state index in [9.17, 15) is 0 Å². The van der Waals surface area contributed by atoms with Gasteiger partial charge in [0.05, 0.1) is 0 Å². The van der Waals surface area contributed by atoms with Gasteiger partial charge < -0.3 is 10.5 Å². The van der Waals surface area contributed by atoms with E-state index in [4.69, 9.17) is 22.7 Å². The van der Waals surface area contributed by atoms with E-state index in [1.807, 2.05) is 12.1 Å². The smallest absolute Gasteiger partial charge is 0.138 e. The Morgan fingerprint density at radius 2 is 1.80 bits per heavy atom. The van der Waals surface area contributed by atoms with E-state index in [1.54, 1.807) is 0 Å². The zero-order chi connectivity index (χ0) is 11.5. The van der Waals surface area contributed by atoms with Crippen LogP contribution in [0.15, 0.2) is 24.3 Å². The summed E-state index contributed by atoms with van der Waals surface area (Å²) in [5, 5.41) is 0. The van der Waals surface area contributed by atoms with Gasteiger partial charge in [-0.3, -0.25) is 0 Å². The first-order valence-electron chi connectivity index (χ1n) is 4.91. The number of nitrogens with two attached hydrogens (primary N) is 1. The fraction of sp³-hybridized carbons (Fsp3) is 0.417. The molecule has 0 heterocycles. The van der Waals surface area contributed by atoms with Crippen molar-refractivity contribution in [2.24, 2.45) is 5.73 Å². The van der Waals surface area contributed by atoms with Gasteiger partial charge in [-0.05, 0) is 23.1 Å². The van der Waals surface area contributed by atoms with Gasteiger partial charge in [-0.2, -0.15) is 0 Å². The summed E-state index contributed by atoms with van der Waals surface area (Å²) in [7, 11) is 0. The van der Waals surface area contributed by atoms with Crippen molar-refractivity contribution in [3.05, 3.63) is 29.8 Å². The summed E-state index contributed by atoms with van der Waals surface area (Å²) in [6.45, 7) is 6.83. The van der Waals surface area contributed by atoms with Crippen molar-refractivity contribution in [2.45, 2.75) is 26.2 Å². The van der Waals surface area contributed by atoms with E-state index in [1.165, 1.54) is 5.56 Å². The molecule has 82 valence electrons. The van der Waals surface area contributed by atoms with Crippen molar-refractivity contribution in [3.63, 3.8) is 0 Å². The number of hydrogen-bond donors (Lipinski definition) is 1. The summed E-state index contributed by atoms with van der Waals surface area (Å²) in [5.41, 5.74) is 6.80. The molecule has 0 spiro atoms. The molecular formula is C12H17NOS. The lowest BCUT2D eigenvalue weighted by Gasteiger charge is -2.19. The molecule has 0 aliphatic heterocycles. The van der Waals surface area contributed by atoms with Crippen LogP contribution in [0, 0.1) is 0 Å². The lowest BCUT2D eigenvalue weighted by Crippen LogP contribution is -2.18. The second-order valence-electron chi connectivity index (χ2n) is 4.53. The van der Waals surface area contributed by atoms with Gasteiger partial charge in [-0.15, -0.1) is 0 Å². The van der Waals surface area contributed by atoms with Gasteiger partial charge in [0.25, 0.3) is 0 Å². The first-order valence-corrected chi connectivity index (χ1v) is 5.32. The Morgan fingerprint density at radius 1 is 1.27 bits per heavy atom. The number of thiocarbonyl (C=S) groups is 1. The van der Waals surface area contributed by atoms with Gasteiger partial charge in [0, 0.05) is 0 Å².